The minimum atomic E-state index is -0.397. The van der Waals surface area contributed by atoms with Crippen molar-refractivity contribution in [3.63, 3.8) is 0 Å². The molecule has 156 valence electrons. The quantitative estimate of drug-likeness (QED) is 0.766. The first kappa shape index (κ1) is 20.3. The fourth-order valence-corrected chi connectivity index (χ4v) is 4.06. The van der Waals surface area contributed by atoms with Gasteiger partial charge in [-0.3, -0.25) is 14.5 Å². The molecular formula is C23H24FN3O3. The summed E-state index contributed by atoms with van der Waals surface area (Å²) >= 11 is 0. The van der Waals surface area contributed by atoms with E-state index in [2.05, 4.69) is 4.90 Å². The van der Waals surface area contributed by atoms with Gasteiger partial charge in [0.05, 0.1) is 17.9 Å². The number of aliphatic hydroxyl groups is 1. The van der Waals surface area contributed by atoms with E-state index in [4.69, 9.17) is 0 Å². The van der Waals surface area contributed by atoms with Crippen molar-refractivity contribution in [1.29, 1.82) is 0 Å². The molecule has 2 amide bonds. The maximum absolute atomic E-state index is 13.5. The number of carbonyl (C=O) groups excluding carboxylic acids is 2. The molecule has 2 aliphatic rings. The van der Waals surface area contributed by atoms with Crippen molar-refractivity contribution in [3.05, 3.63) is 71.2 Å². The van der Waals surface area contributed by atoms with E-state index >= 15 is 0 Å². The maximum atomic E-state index is 13.5. The van der Waals surface area contributed by atoms with Crippen LogP contribution >= 0.6 is 0 Å². The van der Waals surface area contributed by atoms with Gasteiger partial charge in [0.2, 0.25) is 0 Å². The molecule has 0 spiro atoms. The number of benzene rings is 2. The summed E-state index contributed by atoms with van der Waals surface area (Å²) in [6.45, 7) is 5.04. The van der Waals surface area contributed by atoms with Gasteiger partial charge in [-0.15, -0.1) is 0 Å². The molecule has 1 fully saturated rings. The number of imide groups is 1. The minimum Gasteiger partial charge on any atom is -0.395 e. The van der Waals surface area contributed by atoms with E-state index < -0.39 is 11.7 Å². The van der Waals surface area contributed by atoms with Crippen LogP contribution in [0, 0.1) is 12.7 Å². The van der Waals surface area contributed by atoms with Crippen molar-refractivity contribution >= 4 is 23.1 Å². The first-order valence-corrected chi connectivity index (χ1v) is 10.0. The van der Waals surface area contributed by atoms with Gasteiger partial charge in [-0.1, -0.05) is 30.3 Å². The molecule has 2 aliphatic heterocycles. The summed E-state index contributed by atoms with van der Waals surface area (Å²) in [6, 6.07) is 13.0. The smallest absolute Gasteiger partial charge is 0.282 e. The predicted octanol–water partition coefficient (Wildman–Crippen LogP) is 2.03. The Morgan fingerprint density at radius 1 is 0.933 bits per heavy atom. The van der Waals surface area contributed by atoms with E-state index in [-0.39, 0.29) is 12.5 Å². The zero-order valence-electron chi connectivity index (χ0n) is 16.8. The highest BCUT2D eigenvalue weighted by atomic mass is 19.1. The lowest BCUT2D eigenvalue weighted by molar-refractivity contribution is -0.120. The van der Waals surface area contributed by atoms with Gasteiger partial charge in [0.25, 0.3) is 11.8 Å². The fraction of sp³-hybridized carbons (Fsp3) is 0.304. The lowest BCUT2D eigenvalue weighted by atomic mass is 10.0. The van der Waals surface area contributed by atoms with Crippen molar-refractivity contribution in [1.82, 2.24) is 9.80 Å². The number of amides is 2. The van der Waals surface area contributed by atoms with E-state index in [1.54, 1.807) is 24.3 Å². The number of halogens is 1. The zero-order valence-corrected chi connectivity index (χ0v) is 16.8. The summed E-state index contributed by atoms with van der Waals surface area (Å²) in [5.41, 5.74) is 2.57. The zero-order chi connectivity index (χ0) is 21.3. The van der Waals surface area contributed by atoms with Crippen molar-refractivity contribution in [2.24, 2.45) is 0 Å². The van der Waals surface area contributed by atoms with Gasteiger partial charge in [0.15, 0.2) is 0 Å². The normalized spacial score (nSPS) is 18.0. The van der Waals surface area contributed by atoms with E-state index in [1.165, 1.54) is 17.0 Å². The monoisotopic (exact) mass is 409 g/mol. The Labute approximate surface area is 174 Å². The number of hydrogen-bond acceptors (Lipinski definition) is 5. The first-order chi connectivity index (χ1) is 14.5. The highest BCUT2D eigenvalue weighted by Gasteiger charge is 2.43. The molecule has 2 heterocycles. The van der Waals surface area contributed by atoms with Crippen LogP contribution in [0.1, 0.15) is 11.1 Å². The van der Waals surface area contributed by atoms with Crippen LogP contribution in [0.2, 0.25) is 0 Å². The number of piperazine rings is 1. The molecule has 6 nitrogen and oxygen atoms in total. The second-order valence-corrected chi connectivity index (χ2v) is 7.51. The number of anilines is 1. The summed E-state index contributed by atoms with van der Waals surface area (Å²) in [5, 5.41) is 9.17. The van der Waals surface area contributed by atoms with E-state index in [0.717, 1.165) is 5.56 Å². The van der Waals surface area contributed by atoms with Crippen LogP contribution in [-0.2, 0) is 9.59 Å². The molecule has 0 unspecified atom stereocenters. The topological polar surface area (TPSA) is 64.1 Å². The lowest BCUT2D eigenvalue weighted by Gasteiger charge is -2.36. The summed E-state index contributed by atoms with van der Waals surface area (Å²) in [7, 11) is 0. The summed E-state index contributed by atoms with van der Waals surface area (Å²) in [4.78, 5) is 32.2. The Bertz CT molecular complexity index is 995. The van der Waals surface area contributed by atoms with Crippen LogP contribution in [0.25, 0.3) is 5.57 Å². The van der Waals surface area contributed by atoms with Gasteiger partial charge in [-0.25, -0.2) is 9.29 Å². The van der Waals surface area contributed by atoms with E-state index in [0.29, 0.717) is 55.2 Å². The third kappa shape index (κ3) is 3.62. The first-order valence-electron chi connectivity index (χ1n) is 10.0. The number of β-amino-alcohol motifs (C(OH)–C–C–N with tert-alkyl or cyclic N) is 1. The molecule has 1 N–H and O–H groups in total. The van der Waals surface area contributed by atoms with Gasteiger partial charge in [0.1, 0.15) is 11.5 Å². The number of rotatable bonds is 5. The van der Waals surface area contributed by atoms with Crippen LogP contribution in [0.5, 0.6) is 0 Å². The Kier molecular flexibility index (Phi) is 5.65. The summed E-state index contributed by atoms with van der Waals surface area (Å²) in [5.74, 6) is -1.15. The average molecular weight is 409 g/mol. The van der Waals surface area contributed by atoms with Crippen molar-refractivity contribution in [2.45, 2.75) is 6.92 Å². The van der Waals surface area contributed by atoms with E-state index in [9.17, 15) is 19.1 Å². The molecular weight excluding hydrogens is 385 g/mol. The van der Waals surface area contributed by atoms with Gasteiger partial charge in [-0.05, 0) is 36.2 Å². The summed E-state index contributed by atoms with van der Waals surface area (Å²) < 4.78 is 13.5. The molecule has 0 radical (unpaired) electrons. The van der Waals surface area contributed by atoms with Gasteiger partial charge >= 0.3 is 0 Å². The number of hydrogen-bond donors (Lipinski definition) is 1. The Morgan fingerprint density at radius 2 is 1.60 bits per heavy atom. The van der Waals surface area contributed by atoms with Crippen LogP contribution in [0.3, 0.4) is 0 Å². The lowest BCUT2D eigenvalue weighted by Crippen LogP contribution is -2.48. The number of aliphatic hydroxyl groups excluding tert-OH is 1. The SMILES string of the molecule is Cc1ccccc1N1C(=O)C(c2ccc(F)cc2)=C(N2CCN(CCO)CC2)C1=O. The molecule has 0 saturated carbocycles. The molecule has 2 aromatic rings. The molecule has 0 aliphatic carbocycles. The third-order valence-corrected chi connectivity index (χ3v) is 5.65. The van der Waals surface area contributed by atoms with Crippen LogP contribution in [-0.4, -0.2) is 66.1 Å². The van der Waals surface area contributed by atoms with Crippen LogP contribution in [0.15, 0.2) is 54.2 Å². The number of carbonyl (C=O) groups is 2. The van der Waals surface area contributed by atoms with Crippen LogP contribution in [0.4, 0.5) is 10.1 Å². The molecule has 2 aromatic carbocycles. The number of aryl methyl sites for hydroxylation is 1. The Hall–Kier alpha value is -3.03. The number of nitrogens with zero attached hydrogens (tertiary/aromatic N) is 3. The average Bonchev–Trinajstić information content (AvgIpc) is 3.00. The highest BCUT2D eigenvalue weighted by Crippen LogP contribution is 2.36. The molecule has 4 rings (SSSR count). The van der Waals surface area contributed by atoms with Crippen LogP contribution < -0.4 is 4.90 Å². The molecule has 0 atom stereocenters. The minimum absolute atomic E-state index is 0.0853. The standard InChI is InChI=1S/C23H24FN3O3/c1-16-4-2-3-5-19(16)27-22(29)20(17-6-8-18(24)9-7-17)21(23(27)30)26-12-10-25(11-13-26)14-15-28/h2-9,28H,10-15H2,1H3. The van der Waals surface area contributed by atoms with E-state index in [1.807, 2.05) is 24.0 Å². The largest absolute Gasteiger partial charge is 0.395 e. The highest BCUT2D eigenvalue weighted by molar-refractivity contribution is 6.45. The van der Waals surface area contributed by atoms with Gasteiger partial charge in [0, 0.05) is 32.7 Å². The number of para-hydroxylation sites is 1. The molecule has 0 aromatic heterocycles. The van der Waals surface area contributed by atoms with Gasteiger partial charge in [-0.2, -0.15) is 0 Å². The second-order valence-electron chi connectivity index (χ2n) is 7.51. The van der Waals surface area contributed by atoms with Gasteiger partial charge < -0.3 is 10.0 Å². The van der Waals surface area contributed by atoms with Crippen molar-refractivity contribution in [3.8, 4) is 0 Å². The Balaban J connectivity index is 1.75. The second kappa shape index (κ2) is 8.38. The Morgan fingerprint density at radius 3 is 2.23 bits per heavy atom. The maximum Gasteiger partial charge on any atom is 0.282 e. The summed E-state index contributed by atoms with van der Waals surface area (Å²) in [6.07, 6.45) is 0. The molecule has 0 bridgehead atoms. The molecule has 7 heteroatoms. The molecule has 30 heavy (non-hydrogen) atoms. The van der Waals surface area contributed by atoms with Crippen molar-refractivity contribution in [2.75, 3.05) is 44.2 Å². The third-order valence-electron chi connectivity index (χ3n) is 5.65. The predicted molar refractivity (Wildman–Crippen MR) is 112 cm³/mol. The van der Waals surface area contributed by atoms with Crippen molar-refractivity contribution < 1.29 is 19.1 Å². The fourth-order valence-electron chi connectivity index (χ4n) is 4.06. The molecule has 1 saturated heterocycles.